The molecule has 3 aromatic rings. The molecular weight excluding hydrogens is 494 g/mol. The zero-order valence-electron chi connectivity index (χ0n) is 16.7. The van der Waals surface area contributed by atoms with E-state index in [0.717, 1.165) is 42.5 Å². The molecule has 1 heterocycles. The van der Waals surface area contributed by atoms with E-state index in [1.165, 1.54) is 22.2 Å². The standard InChI is InChI=1S/C22H19Cl2FN2O3S2/c23-16-6-3-5-14(8-16)17-7-2-1-4-15(17)11-30-20-10-19(25)21(9-18(20)24)32(28,29)27-22-12-31-13-26-22/h3,5-10,12-13,15,27H,1-2,4,11H2. The number of anilines is 1. The number of nitrogens with zero attached hydrogens (tertiary/aromatic N) is 1. The second-order valence-corrected chi connectivity index (χ2v) is 10.5. The smallest absolute Gasteiger partial charge is 0.266 e. The van der Waals surface area contributed by atoms with Crippen molar-refractivity contribution >= 4 is 56.0 Å². The predicted octanol–water partition coefficient (Wildman–Crippen LogP) is 6.65. The Hall–Kier alpha value is -2.13. The summed E-state index contributed by atoms with van der Waals surface area (Å²) in [5.41, 5.74) is 3.62. The van der Waals surface area contributed by atoms with E-state index in [0.29, 0.717) is 5.02 Å². The molecule has 0 bridgehead atoms. The van der Waals surface area contributed by atoms with Crippen molar-refractivity contribution in [3.8, 4) is 5.75 Å². The SMILES string of the molecule is O=S(=O)(Nc1cscn1)c1cc(Cl)c(OCC2CCCC=C2c2cccc(Cl)c2)cc1F. The van der Waals surface area contributed by atoms with Gasteiger partial charge in [-0.05, 0) is 48.6 Å². The van der Waals surface area contributed by atoms with Gasteiger partial charge in [-0.3, -0.25) is 4.72 Å². The monoisotopic (exact) mass is 512 g/mol. The summed E-state index contributed by atoms with van der Waals surface area (Å²) in [6.07, 6.45) is 5.06. The van der Waals surface area contributed by atoms with Gasteiger partial charge in [0.15, 0.2) is 5.82 Å². The van der Waals surface area contributed by atoms with E-state index in [4.69, 9.17) is 27.9 Å². The van der Waals surface area contributed by atoms with Crippen molar-refractivity contribution in [2.24, 2.45) is 5.92 Å². The average Bonchev–Trinajstić information content (AvgIpc) is 3.26. The Balaban J connectivity index is 1.52. The number of hydrogen-bond donors (Lipinski definition) is 1. The van der Waals surface area contributed by atoms with Crippen LogP contribution < -0.4 is 9.46 Å². The zero-order chi connectivity index (χ0) is 22.7. The Labute approximate surface area is 199 Å². The number of halogens is 3. The van der Waals surface area contributed by atoms with Crippen molar-refractivity contribution < 1.29 is 17.5 Å². The van der Waals surface area contributed by atoms with Gasteiger partial charge in [-0.2, -0.15) is 0 Å². The van der Waals surface area contributed by atoms with Gasteiger partial charge in [0.2, 0.25) is 0 Å². The highest BCUT2D eigenvalue weighted by atomic mass is 35.5. The lowest BCUT2D eigenvalue weighted by Gasteiger charge is -2.25. The number of allylic oxidation sites excluding steroid dienone is 1. The number of nitrogens with one attached hydrogen (secondary N) is 1. The van der Waals surface area contributed by atoms with Crippen molar-refractivity contribution in [3.63, 3.8) is 0 Å². The maximum Gasteiger partial charge on any atom is 0.266 e. The van der Waals surface area contributed by atoms with E-state index in [2.05, 4.69) is 15.8 Å². The Kier molecular flexibility index (Phi) is 7.05. The number of rotatable bonds is 7. The number of sulfonamides is 1. The minimum Gasteiger partial charge on any atom is -0.491 e. The Morgan fingerprint density at radius 2 is 2.09 bits per heavy atom. The van der Waals surface area contributed by atoms with Crippen LogP contribution >= 0.6 is 34.5 Å². The van der Waals surface area contributed by atoms with E-state index in [9.17, 15) is 12.8 Å². The van der Waals surface area contributed by atoms with E-state index < -0.39 is 20.7 Å². The summed E-state index contributed by atoms with van der Waals surface area (Å²) in [6, 6.07) is 9.68. The Morgan fingerprint density at radius 3 is 2.84 bits per heavy atom. The highest BCUT2D eigenvalue weighted by Crippen LogP contribution is 2.36. The fourth-order valence-corrected chi connectivity index (χ4v) is 5.73. The molecular formula is C22H19Cl2FN2O3S2. The van der Waals surface area contributed by atoms with Crippen molar-refractivity contribution in [3.05, 3.63) is 74.8 Å². The summed E-state index contributed by atoms with van der Waals surface area (Å²) < 4.78 is 47.8. The molecule has 1 aliphatic rings. The molecule has 1 N–H and O–H groups in total. The van der Waals surface area contributed by atoms with Gasteiger partial charge in [0.05, 0.1) is 17.1 Å². The van der Waals surface area contributed by atoms with Gasteiger partial charge in [-0.15, -0.1) is 11.3 Å². The maximum absolute atomic E-state index is 14.7. The molecule has 5 nitrogen and oxygen atoms in total. The molecule has 1 unspecified atom stereocenters. The van der Waals surface area contributed by atoms with Gasteiger partial charge in [-0.1, -0.05) is 41.4 Å². The van der Waals surface area contributed by atoms with E-state index in [-0.39, 0.29) is 29.1 Å². The van der Waals surface area contributed by atoms with E-state index in [1.807, 2.05) is 24.3 Å². The van der Waals surface area contributed by atoms with Crippen molar-refractivity contribution in [1.82, 2.24) is 4.98 Å². The van der Waals surface area contributed by atoms with E-state index in [1.54, 1.807) is 0 Å². The second kappa shape index (κ2) is 9.79. The van der Waals surface area contributed by atoms with Crippen LogP contribution in [0, 0.1) is 11.7 Å². The van der Waals surface area contributed by atoms with Crippen molar-refractivity contribution in [2.45, 2.75) is 24.2 Å². The van der Waals surface area contributed by atoms with Crippen LogP contribution in [0.3, 0.4) is 0 Å². The molecule has 1 aromatic heterocycles. The topological polar surface area (TPSA) is 68.3 Å². The largest absolute Gasteiger partial charge is 0.491 e. The summed E-state index contributed by atoms with van der Waals surface area (Å²) in [4.78, 5) is 3.28. The molecule has 10 heteroatoms. The molecule has 1 aliphatic carbocycles. The summed E-state index contributed by atoms with van der Waals surface area (Å²) in [5, 5.41) is 2.17. The highest BCUT2D eigenvalue weighted by Gasteiger charge is 2.24. The quantitative estimate of drug-likeness (QED) is 0.384. The number of thiazole rings is 1. The first-order valence-corrected chi connectivity index (χ1v) is 13.0. The number of aromatic nitrogens is 1. The van der Waals surface area contributed by atoms with Gasteiger partial charge >= 0.3 is 0 Å². The summed E-state index contributed by atoms with van der Waals surface area (Å²) in [7, 11) is -4.18. The molecule has 0 amide bonds. The van der Waals surface area contributed by atoms with Crippen LogP contribution in [0.2, 0.25) is 10.0 Å². The number of hydrogen-bond acceptors (Lipinski definition) is 5. The summed E-state index contributed by atoms with van der Waals surface area (Å²) in [6.45, 7) is 0.278. The van der Waals surface area contributed by atoms with Gasteiger partial charge < -0.3 is 4.74 Å². The number of benzene rings is 2. The lowest BCUT2D eigenvalue weighted by molar-refractivity contribution is 0.267. The Morgan fingerprint density at radius 1 is 1.25 bits per heavy atom. The van der Waals surface area contributed by atoms with Crippen LogP contribution in [0.1, 0.15) is 24.8 Å². The first-order valence-electron chi connectivity index (χ1n) is 9.82. The molecule has 32 heavy (non-hydrogen) atoms. The third-order valence-electron chi connectivity index (χ3n) is 5.11. The minimum atomic E-state index is -4.18. The fourth-order valence-electron chi connectivity index (χ4n) is 3.61. The molecule has 0 fully saturated rings. The summed E-state index contributed by atoms with van der Waals surface area (Å²) >= 11 is 13.6. The predicted molar refractivity (Wildman–Crippen MR) is 127 cm³/mol. The maximum atomic E-state index is 14.7. The van der Waals surface area contributed by atoms with Crippen molar-refractivity contribution in [1.29, 1.82) is 0 Å². The summed E-state index contributed by atoms with van der Waals surface area (Å²) in [5.74, 6) is -0.672. The lowest BCUT2D eigenvalue weighted by atomic mass is 9.84. The third-order valence-corrected chi connectivity index (χ3v) is 7.59. The molecule has 168 valence electrons. The van der Waals surface area contributed by atoms with Crippen LogP contribution in [-0.2, 0) is 10.0 Å². The van der Waals surface area contributed by atoms with Crippen LogP contribution in [0.15, 0.2) is 58.3 Å². The first kappa shape index (κ1) is 23.0. The molecule has 4 rings (SSSR count). The minimum absolute atomic E-state index is 0.00847. The number of ether oxygens (including phenoxy) is 1. The molecule has 0 radical (unpaired) electrons. The highest BCUT2D eigenvalue weighted by molar-refractivity contribution is 7.92. The van der Waals surface area contributed by atoms with Gasteiger partial charge in [-0.25, -0.2) is 17.8 Å². The first-order chi connectivity index (χ1) is 15.3. The molecule has 2 aromatic carbocycles. The van der Waals surface area contributed by atoms with Crippen LogP contribution in [0.4, 0.5) is 10.2 Å². The van der Waals surface area contributed by atoms with Crippen LogP contribution in [-0.4, -0.2) is 20.0 Å². The van der Waals surface area contributed by atoms with Crippen molar-refractivity contribution in [2.75, 3.05) is 11.3 Å². The molecule has 0 spiro atoms. The molecule has 1 atom stereocenters. The second-order valence-electron chi connectivity index (χ2n) is 7.30. The van der Waals surface area contributed by atoms with Crippen LogP contribution in [0.5, 0.6) is 5.75 Å². The molecule has 0 aliphatic heterocycles. The fraction of sp³-hybridized carbons (Fsp3) is 0.227. The molecule has 0 saturated heterocycles. The zero-order valence-corrected chi connectivity index (χ0v) is 19.9. The van der Waals surface area contributed by atoms with E-state index >= 15 is 0 Å². The average molecular weight is 513 g/mol. The van der Waals surface area contributed by atoms with Gasteiger partial charge in [0.25, 0.3) is 10.0 Å². The lowest BCUT2D eigenvalue weighted by Crippen LogP contribution is -2.18. The van der Waals surface area contributed by atoms with Gasteiger partial charge in [0.1, 0.15) is 16.5 Å². The Bertz CT molecular complexity index is 1250. The van der Waals surface area contributed by atoms with Gasteiger partial charge in [0, 0.05) is 22.4 Å². The molecule has 0 saturated carbocycles. The normalized spacial score (nSPS) is 16.5. The third kappa shape index (κ3) is 5.26. The van der Waals surface area contributed by atoms with Crippen LogP contribution in [0.25, 0.3) is 5.57 Å².